The minimum Gasteiger partial charge on any atom is -0.478 e. The van der Waals surface area contributed by atoms with Crippen molar-refractivity contribution in [3.8, 4) is 5.75 Å². The number of anilines is 2. The maximum Gasteiger partial charge on any atom is 0.271 e. The number of aryl methyl sites for hydroxylation is 1. The van der Waals surface area contributed by atoms with E-state index >= 15 is 0 Å². The highest BCUT2D eigenvalue weighted by molar-refractivity contribution is 6.09. The average molecular weight is 370 g/mol. The Bertz CT molecular complexity index is 1020. The fraction of sp³-hybridized carbons (Fsp3) is 0.208. The molecule has 4 nitrogen and oxygen atoms in total. The number of nitrogens with zero attached hydrogens (tertiary/aromatic N) is 1. The number of hydrogen-bond acceptors (Lipinski definition) is 3. The molecule has 3 aromatic carbocycles. The molecule has 2 aliphatic heterocycles. The lowest BCUT2D eigenvalue weighted by atomic mass is 9.72. The van der Waals surface area contributed by atoms with Gasteiger partial charge >= 0.3 is 0 Å². The van der Waals surface area contributed by atoms with Crippen LogP contribution in [0, 0.1) is 6.92 Å². The summed E-state index contributed by atoms with van der Waals surface area (Å²) >= 11 is 0. The smallest absolute Gasteiger partial charge is 0.271 e. The summed E-state index contributed by atoms with van der Waals surface area (Å²) in [6, 6.07) is 26.1. The Morgan fingerprint density at radius 1 is 0.964 bits per heavy atom. The van der Waals surface area contributed by atoms with Crippen LogP contribution in [-0.4, -0.2) is 18.6 Å². The number of rotatable bonds is 3. The first-order valence-corrected chi connectivity index (χ1v) is 9.66. The van der Waals surface area contributed by atoms with Gasteiger partial charge < -0.3 is 10.1 Å². The van der Waals surface area contributed by atoms with Crippen molar-refractivity contribution in [1.29, 1.82) is 0 Å². The molecule has 2 aliphatic rings. The minimum atomic E-state index is -0.550. The molecule has 0 bridgehead atoms. The maximum atomic E-state index is 13.3. The van der Waals surface area contributed by atoms with Gasteiger partial charge in [0.2, 0.25) is 6.10 Å². The molecule has 1 fully saturated rings. The number of carbonyl (C=O) groups is 1. The number of carbonyl (C=O) groups excluding carboxylic acids is 1. The fourth-order valence-corrected chi connectivity index (χ4v) is 4.40. The van der Waals surface area contributed by atoms with E-state index in [4.69, 9.17) is 4.74 Å². The van der Waals surface area contributed by atoms with E-state index in [1.807, 2.05) is 59.5 Å². The predicted octanol–water partition coefficient (Wildman–Crippen LogP) is 4.50. The second kappa shape index (κ2) is 6.41. The maximum absolute atomic E-state index is 13.3. The van der Waals surface area contributed by atoms with Crippen molar-refractivity contribution < 1.29 is 9.53 Å². The van der Waals surface area contributed by atoms with Crippen LogP contribution < -0.4 is 15.0 Å². The second-order valence-electron chi connectivity index (χ2n) is 7.47. The van der Waals surface area contributed by atoms with Crippen molar-refractivity contribution in [2.45, 2.75) is 25.0 Å². The van der Waals surface area contributed by atoms with Crippen LogP contribution in [0.15, 0.2) is 78.9 Å². The summed E-state index contributed by atoms with van der Waals surface area (Å²) in [5.41, 5.74) is 3.68. The van der Waals surface area contributed by atoms with E-state index in [1.165, 1.54) is 5.56 Å². The first kappa shape index (κ1) is 16.9. The highest BCUT2D eigenvalue weighted by Gasteiger charge is 2.64. The van der Waals surface area contributed by atoms with Gasteiger partial charge in [0.25, 0.3) is 5.91 Å². The fourth-order valence-electron chi connectivity index (χ4n) is 4.40. The van der Waals surface area contributed by atoms with E-state index in [1.54, 1.807) is 0 Å². The topological polar surface area (TPSA) is 41.6 Å². The lowest BCUT2D eigenvalue weighted by Gasteiger charge is -2.56. The van der Waals surface area contributed by atoms with Gasteiger partial charge in [-0.2, -0.15) is 0 Å². The first-order valence-electron chi connectivity index (χ1n) is 9.66. The van der Waals surface area contributed by atoms with Gasteiger partial charge in [0.05, 0.1) is 11.4 Å². The molecule has 4 heteroatoms. The molecule has 28 heavy (non-hydrogen) atoms. The lowest BCUT2D eigenvalue weighted by molar-refractivity contribution is -0.142. The zero-order valence-electron chi connectivity index (χ0n) is 15.8. The van der Waals surface area contributed by atoms with E-state index in [0.717, 1.165) is 35.7 Å². The third kappa shape index (κ3) is 2.41. The van der Waals surface area contributed by atoms with Crippen molar-refractivity contribution in [3.05, 3.63) is 90.0 Å². The van der Waals surface area contributed by atoms with Gasteiger partial charge in [-0.1, -0.05) is 60.2 Å². The number of β-lactam (4-membered cyclic amide) rings is 1. The summed E-state index contributed by atoms with van der Waals surface area (Å²) in [6.45, 7) is 2.84. The summed E-state index contributed by atoms with van der Waals surface area (Å²) in [4.78, 5) is 15.3. The third-order valence-electron chi connectivity index (χ3n) is 5.79. The highest BCUT2D eigenvalue weighted by Crippen LogP contribution is 2.52. The minimum absolute atomic E-state index is 0.000535. The Balaban J connectivity index is 1.65. The van der Waals surface area contributed by atoms with E-state index in [2.05, 4.69) is 36.5 Å². The largest absolute Gasteiger partial charge is 0.478 e. The standard InChI is InChI=1S/C24H22N2O2/c1-17-11-13-18(14-12-17)24-15-16-25-20-9-5-6-10-21(20)26(24)23(27)22(24)28-19-7-3-2-4-8-19/h2-14,22,25H,15-16H2,1H3. The first-order chi connectivity index (χ1) is 13.7. The van der Waals surface area contributed by atoms with Crippen LogP contribution in [0.3, 0.4) is 0 Å². The Morgan fingerprint density at radius 3 is 2.46 bits per heavy atom. The van der Waals surface area contributed by atoms with Crippen molar-refractivity contribution >= 4 is 17.3 Å². The van der Waals surface area contributed by atoms with Crippen molar-refractivity contribution in [2.75, 3.05) is 16.8 Å². The van der Waals surface area contributed by atoms with Crippen LogP contribution in [-0.2, 0) is 10.3 Å². The van der Waals surface area contributed by atoms with Gasteiger partial charge in [0, 0.05) is 6.54 Å². The number of amides is 1. The Hall–Kier alpha value is -3.27. The summed E-state index contributed by atoms with van der Waals surface area (Å²) in [7, 11) is 0. The Kier molecular flexibility index (Phi) is 3.86. The zero-order valence-corrected chi connectivity index (χ0v) is 15.8. The van der Waals surface area contributed by atoms with Crippen LogP contribution in [0.5, 0.6) is 5.75 Å². The van der Waals surface area contributed by atoms with Crippen molar-refractivity contribution in [3.63, 3.8) is 0 Å². The molecule has 2 unspecified atom stereocenters. The van der Waals surface area contributed by atoms with Crippen molar-refractivity contribution in [1.82, 2.24) is 0 Å². The number of benzene rings is 3. The molecule has 2 atom stereocenters. The van der Waals surface area contributed by atoms with E-state index in [-0.39, 0.29) is 5.91 Å². The predicted molar refractivity (Wildman–Crippen MR) is 111 cm³/mol. The summed E-state index contributed by atoms with van der Waals surface area (Å²) in [5, 5.41) is 3.49. The van der Waals surface area contributed by atoms with Crippen LogP contribution in [0.1, 0.15) is 17.5 Å². The lowest BCUT2D eigenvalue weighted by Crippen LogP contribution is -2.74. The second-order valence-corrected chi connectivity index (χ2v) is 7.47. The molecule has 0 aliphatic carbocycles. The van der Waals surface area contributed by atoms with Crippen LogP contribution >= 0.6 is 0 Å². The van der Waals surface area contributed by atoms with Crippen molar-refractivity contribution in [2.24, 2.45) is 0 Å². The summed E-state index contributed by atoms with van der Waals surface area (Å²) < 4.78 is 6.27. The Labute approximate surface area is 164 Å². The number of nitrogens with one attached hydrogen (secondary N) is 1. The van der Waals surface area contributed by atoms with Gasteiger partial charge in [-0.05, 0) is 43.2 Å². The van der Waals surface area contributed by atoms with Gasteiger partial charge in [0.1, 0.15) is 11.3 Å². The van der Waals surface area contributed by atoms with Gasteiger partial charge in [0.15, 0.2) is 0 Å². The van der Waals surface area contributed by atoms with Gasteiger partial charge in [-0.3, -0.25) is 9.69 Å². The molecule has 3 aromatic rings. The molecule has 0 saturated carbocycles. The third-order valence-corrected chi connectivity index (χ3v) is 5.79. The molecule has 0 spiro atoms. The number of hydrogen-bond donors (Lipinski definition) is 1. The van der Waals surface area contributed by atoms with Crippen LogP contribution in [0.2, 0.25) is 0 Å². The monoisotopic (exact) mass is 370 g/mol. The molecular formula is C24H22N2O2. The number of para-hydroxylation sites is 3. The molecule has 140 valence electrons. The number of ether oxygens (including phenoxy) is 1. The molecule has 0 radical (unpaired) electrons. The van der Waals surface area contributed by atoms with Crippen LogP contribution in [0.4, 0.5) is 11.4 Å². The molecule has 1 saturated heterocycles. The quantitative estimate of drug-likeness (QED) is 0.690. The van der Waals surface area contributed by atoms with E-state index in [9.17, 15) is 4.79 Å². The highest BCUT2D eigenvalue weighted by atomic mass is 16.5. The summed E-state index contributed by atoms with van der Waals surface area (Å²) in [5.74, 6) is 0.720. The van der Waals surface area contributed by atoms with Gasteiger partial charge in [-0.15, -0.1) is 0 Å². The average Bonchev–Trinajstić information content (AvgIpc) is 2.88. The van der Waals surface area contributed by atoms with E-state index in [0.29, 0.717) is 0 Å². The molecule has 1 N–H and O–H groups in total. The normalized spacial score (nSPS) is 23.0. The molecule has 2 heterocycles. The number of fused-ring (bicyclic) bond motifs is 3. The van der Waals surface area contributed by atoms with E-state index < -0.39 is 11.6 Å². The zero-order chi connectivity index (χ0) is 19.1. The van der Waals surface area contributed by atoms with Crippen LogP contribution in [0.25, 0.3) is 0 Å². The molecule has 1 amide bonds. The molecule has 0 aromatic heterocycles. The molecule has 5 rings (SSSR count). The summed E-state index contributed by atoms with van der Waals surface area (Å²) in [6.07, 6.45) is 0.221. The SMILES string of the molecule is Cc1ccc(C23CCNc4ccccc4N2C(=O)C3Oc2ccccc2)cc1. The van der Waals surface area contributed by atoms with Gasteiger partial charge in [-0.25, -0.2) is 0 Å². The molecular weight excluding hydrogens is 348 g/mol. The Morgan fingerprint density at radius 2 is 1.68 bits per heavy atom.